The smallest absolute Gasteiger partial charge is 0.337 e. The van der Waals surface area contributed by atoms with Gasteiger partial charge in [0.1, 0.15) is 15.7 Å². The molecule has 0 fully saturated rings. The van der Waals surface area contributed by atoms with Crippen LogP contribution in [0.15, 0.2) is 12.3 Å². The lowest BCUT2D eigenvalue weighted by Gasteiger charge is -2.15. The number of anilines is 1. The van der Waals surface area contributed by atoms with Gasteiger partial charge in [-0.2, -0.15) is 0 Å². The first-order chi connectivity index (χ1) is 8.20. The molecule has 0 saturated carbocycles. The zero-order valence-corrected chi connectivity index (χ0v) is 11.4. The summed E-state index contributed by atoms with van der Waals surface area (Å²) < 4.78 is 22.2. The number of aromatic nitrogens is 1. The molecule has 100 valence electrons. The summed E-state index contributed by atoms with van der Waals surface area (Å²) in [6.07, 6.45) is 2.42. The number of hydrogen-bond donors (Lipinski definition) is 2. The van der Waals surface area contributed by atoms with E-state index < -0.39 is 21.8 Å². The number of carbonyl (C=O) groups is 1. The highest BCUT2D eigenvalue weighted by Gasteiger charge is 2.16. The van der Waals surface area contributed by atoms with E-state index in [-0.39, 0.29) is 22.2 Å². The maximum absolute atomic E-state index is 11.1. The minimum absolute atomic E-state index is 0.0367. The van der Waals surface area contributed by atoms with Crippen molar-refractivity contribution in [2.75, 3.05) is 17.3 Å². The van der Waals surface area contributed by atoms with E-state index in [0.29, 0.717) is 0 Å². The lowest BCUT2D eigenvalue weighted by Crippen LogP contribution is -2.25. The summed E-state index contributed by atoms with van der Waals surface area (Å²) in [5.41, 5.74) is -0.0827. The largest absolute Gasteiger partial charge is 0.478 e. The standard InChI is InChI=1S/C10H13ClN2O4S/c1-6(5-18(2,16)17)13-9-8(11)7(10(14)15)3-4-12-9/h3-4,6H,5H2,1-2H3,(H,12,13)(H,14,15). The molecule has 18 heavy (non-hydrogen) atoms. The van der Waals surface area contributed by atoms with Crippen molar-refractivity contribution in [2.45, 2.75) is 13.0 Å². The van der Waals surface area contributed by atoms with Gasteiger partial charge in [-0.15, -0.1) is 0 Å². The van der Waals surface area contributed by atoms with Crippen molar-refractivity contribution in [1.29, 1.82) is 0 Å². The fraction of sp³-hybridized carbons (Fsp3) is 0.400. The lowest BCUT2D eigenvalue weighted by atomic mass is 10.2. The van der Waals surface area contributed by atoms with Gasteiger partial charge in [-0.05, 0) is 13.0 Å². The first-order valence-electron chi connectivity index (χ1n) is 5.03. The molecule has 0 aromatic carbocycles. The third kappa shape index (κ3) is 4.15. The third-order valence-corrected chi connectivity index (χ3v) is 3.54. The molecule has 1 heterocycles. The minimum Gasteiger partial charge on any atom is -0.478 e. The zero-order valence-electron chi connectivity index (χ0n) is 9.84. The highest BCUT2D eigenvalue weighted by atomic mass is 35.5. The van der Waals surface area contributed by atoms with Gasteiger partial charge in [-0.1, -0.05) is 11.6 Å². The highest BCUT2D eigenvalue weighted by molar-refractivity contribution is 7.90. The molecule has 6 nitrogen and oxygen atoms in total. The summed E-state index contributed by atoms with van der Waals surface area (Å²) in [5, 5.41) is 11.6. The predicted molar refractivity (Wildman–Crippen MR) is 69.0 cm³/mol. The average molecular weight is 293 g/mol. The number of hydrogen-bond acceptors (Lipinski definition) is 5. The number of carboxylic acids is 1. The van der Waals surface area contributed by atoms with Crippen molar-refractivity contribution in [2.24, 2.45) is 0 Å². The zero-order chi connectivity index (χ0) is 13.9. The molecule has 1 unspecified atom stereocenters. The number of halogens is 1. The SMILES string of the molecule is CC(CS(C)(=O)=O)Nc1nccc(C(=O)O)c1Cl. The molecule has 8 heteroatoms. The molecule has 1 aromatic heterocycles. The van der Waals surface area contributed by atoms with Crippen LogP contribution >= 0.6 is 11.6 Å². The van der Waals surface area contributed by atoms with Crippen LogP contribution in [0.5, 0.6) is 0 Å². The molecule has 1 atom stereocenters. The van der Waals surface area contributed by atoms with Crippen LogP contribution in [-0.4, -0.2) is 42.5 Å². The highest BCUT2D eigenvalue weighted by Crippen LogP contribution is 2.24. The molecule has 0 saturated heterocycles. The number of nitrogens with one attached hydrogen (secondary N) is 1. The number of pyridine rings is 1. The van der Waals surface area contributed by atoms with Gasteiger partial charge in [-0.3, -0.25) is 0 Å². The fourth-order valence-corrected chi connectivity index (χ4v) is 2.68. The Balaban J connectivity index is 2.92. The van der Waals surface area contributed by atoms with Crippen molar-refractivity contribution < 1.29 is 18.3 Å². The van der Waals surface area contributed by atoms with Gasteiger partial charge in [-0.25, -0.2) is 18.2 Å². The van der Waals surface area contributed by atoms with Crippen molar-refractivity contribution in [1.82, 2.24) is 4.98 Å². The number of nitrogens with zero attached hydrogens (tertiary/aromatic N) is 1. The van der Waals surface area contributed by atoms with Crippen LogP contribution < -0.4 is 5.32 Å². The summed E-state index contributed by atoms with van der Waals surface area (Å²) in [4.78, 5) is 14.7. The Morgan fingerprint density at radius 1 is 1.61 bits per heavy atom. The monoisotopic (exact) mass is 292 g/mol. The summed E-state index contributed by atoms with van der Waals surface area (Å²) in [5.74, 6) is -1.10. The van der Waals surface area contributed by atoms with E-state index in [1.54, 1.807) is 6.92 Å². The van der Waals surface area contributed by atoms with Crippen LogP contribution in [0.1, 0.15) is 17.3 Å². The van der Waals surface area contributed by atoms with E-state index in [0.717, 1.165) is 6.26 Å². The van der Waals surface area contributed by atoms with E-state index in [2.05, 4.69) is 10.3 Å². The maximum atomic E-state index is 11.1. The summed E-state index contributed by atoms with van der Waals surface area (Å²) in [7, 11) is -3.13. The molecular weight excluding hydrogens is 280 g/mol. The first-order valence-corrected chi connectivity index (χ1v) is 7.46. The second-order valence-electron chi connectivity index (χ2n) is 3.96. The van der Waals surface area contributed by atoms with E-state index in [1.807, 2.05) is 0 Å². The van der Waals surface area contributed by atoms with Gasteiger partial charge in [0.2, 0.25) is 0 Å². The summed E-state index contributed by atoms with van der Waals surface area (Å²) in [6.45, 7) is 1.65. The number of aromatic carboxylic acids is 1. The summed E-state index contributed by atoms with van der Waals surface area (Å²) >= 11 is 5.86. The first kappa shape index (κ1) is 14.7. The second kappa shape index (κ2) is 5.53. The summed E-state index contributed by atoms with van der Waals surface area (Å²) in [6, 6.07) is 0.853. The second-order valence-corrected chi connectivity index (χ2v) is 6.53. The number of rotatable bonds is 5. The molecule has 0 spiro atoms. The molecule has 0 radical (unpaired) electrons. The molecule has 0 bridgehead atoms. The van der Waals surface area contributed by atoms with Crippen molar-refractivity contribution >= 4 is 33.2 Å². The maximum Gasteiger partial charge on any atom is 0.337 e. The van der Waals surface area contributed by atoms with Gasteiger partial charge in [0.05, 0.1) is 16.3 Å². The van der Waals surface area contributed by atoms with Crippen LogP contribution in [0.3, 0.4) is 0 Å². The fourth-order valence-electron chi connectivity index (χ4n) is 1.44. The Bertz CT molecular complexity index is 559. The molecule has 0 amide bonds. The molecule has 0 aliphatic rings. The van der Waals surface area contributed by atoms with Gasteiger partial charge < -0.3 is 10.4 Å². The Labute approximate surface area is 110 Å². The molecule has 0 aliphatic carbocycles. The van der Waals surface area contributed by atoms with Crippen molar-refractivity contribution in [3.8, 4) is 0 Å². The van der Waals surface area contributed by atoms with Crippen LogP contribution in [0, 0.1) is 0 Å². The lowest BCUT2D eigenvalue weighted by molar-refractivity contribution is 0.0697. The number of carboxylic acid groups (broad SMARTS) is 1. The Kier molecular flexibility index (Phi) is 4.53. The normalized spacial score (nSPS) is 13.1. The van der Waals surface area contributed by atoms with E-state index in [1.165, 1.54) is 12.3 Å². The van der Waals surface area contributed by atoms with Crippen LogP contribution in [-0.2, 0) is 9.84 Å². The Morgan fingerprint density at radius 3 is 2.72 bits per heavy atom. The Hall–Kier alpha value is -1.34. The molecule has 0 aliphatic heterocycles. The van der Waals surface area contributed by atoms with Crippen molar-refractivity contribution in [3.05, 3.63) is 22.8 Å². The van der Waals surface area contributed by atoms with Crippen LogP contribution in [0.4, 0.5) is 5.82 Å². The molecule has 1 aromatic rings. The quantitative estimate of drug-likeness (QED) is 0.848. The molecule has 1 rings (SSSR count). The third-order valence-electron chi connectivity index (χ3n) is 2.06. The van der Waals surface area contributed by atoms with E-state index in [4.69, 9.17) is 16.7 Å². The number of sulfone groups is 1. The topological polar surface area (TPSA) is 96.4 Å². The van der Waals surface area contributed by atoms with Crippen molar-refractivity contribution in [3.63, 3.8) is 0 Å². The minimum atomic E-state index is -3.13. The molecular formula is C10H13ClN2O4S. The van der Waals surface area contributed by atoms with Gasteiger partial charge in [0.25, 0.3) is 0 Å². The predicted octanol–water partition coefficient (Wildman–Crippen LogP) is 1.28. The molecule has 2 N–H and O–H groups in total. The van der Waals surface area contributed by atoms with E-state index in [9.17, 15) is 13.2 Å². The van der Waals surface area contributed by atoms with Gasteiger partial charge in [0, 0.05) is 18.5 Å². The van der Waals surface area contributed by atoms with Crippen LogP contribution in [0.25, 0.3) is 0 Å². The van der Waals surface area contributed by atoms with E-state index >= 15 is 0 Å². The average Bonchev–Trinajstić information content (AvgIpc) is 2.17. The van der Waals surface area contributed by atoms with Crippen LogP contribution in [0.2, 0.25) is 5.02 Å². The Morgan fingerprint density at radius 2 is 2.22 bits per heavy atom. The van der Waals surface area contributed by atoms with Gasteiger partial charge >= 0.3 is 5.97 Å². The van der Waals surface area contributed by atoms with Gasteiger partial charge in [0.15, 0.2) is 0 Å².